The number of nitrogens with two attached hydrogens (primary N) is 1. The number of ether oxygens (including phenoxy) is 1. The number of fused-ring (bicyclic) bond motifs is 3. The minimum Gasteiger partial charge on any atom is -0.459 e. The van der Waals surface area contributed by atoms with Gasteiger partial charge in [0.1, 0.15) is 11.1 Å². The van der Waals surface area contributed by atoms with Crippen LogP contribution in [0.15, 0.2) is 18.2 Å². The van der Waals surface area contributed by atoms with Gasteiger partial charge in [-0.1, -0.05) is 6.07 Å². The van der Waals surface area contributed by atoms with Crippen molar-refractivity contribution in [2.45, 2.75) is 56.8 Å². The monoisotopic (exact) mass is 272 g/mol. The molecule has 3 heterocycles. The Morgan fingerprint density at radius 3 is 2.60 bits per heavy atom. The summed E-state index contributed by atoms with van der Waals surface area (Å²) < 4.78 is 5.61. The lowest BCUT2D eigenvalue weighted by atomic mass is 9.67. The van der Waals surface area contributed by atoms with Crippen LogP contribution in [0, 0.1) is 0 Å². The summed E-state index contributed by atoms with van der Waals surface area (Å²) >= 11 is 0. The van der Waals surface area contributed by atoms with Crippen molar-refractivity contribution in [1.82, 2.24) is 4.90 Å². The Morgan fingerprint density at radius 2 is 1.95 bits per heavy atom. The number of esters is 1. The first-order valence-corrected chi connectivity index (χ1v) is 7.23. The fourth-order valence-corrected chi connectivity index (χ4v) is 4.07. The molecule has 106 valence electrons. The van der Waals surface area contributed by atoms with Crippen LogP contribution in [0.3, 0.4) is 0 Å². The molecule has 0 aromatic heterocycles. The maximum Gasteiger partial charge on any atom is 0.327 e. The van der Waals surface area contributed by atoms with Crippen LogP contribution in [-0.2, 0) is 9.53 Å². The molecule has 0 amide bonds. The topological polar surface area (TPSA) is 55.6 Å². The van der Waals surface area contributed by atoms with Crippen LogP contribution in [0.25, 0.3) is 0 Å². The molecule has 0 aliphatic carbocycles. The Bertz CT molecular complexity index is 619. The van der Waals surface area contributed by atoms with Crippen LogP contribution in [0.2, 0.25) is 0 Å². The largest absolute Gasteiger partial charge is 0.459 e. The van der Waals surface area contributed by atoms with E-state index in [2.05, 4.69) is 17.0 Å². The molecular formula is C16H20N2O2. The quantitative estimate of drug-likeness (QED) is 0.630. The smallest absolute Gasteiger partial charge is 0.327 e. The minimum atomic E-state index is -0.418. The molecular weight excluding hydrogens is 252 g/mol. The number of rotatable bonds is 1. The zero-order valence-electron chi connectivity index (χ0n) is 12.1. The summed E-state index contributed by atoms with van der Waals surface area (Å²) in [5.41, 5.74) is 8.57. The molecule has 3 aliphatic rings. The van der Waals surface area contributed by atoms with E-state index in [1.165, 1.54) is 11.1 Å². The molecule has 20 heavy (non-hydrogen) atoms. The zero-order chi connectivity index (χ0) is 14.3. The van der Waals surface area contributed by atoms with Crippen LogP contribution in [-0.4, -0.2) is 22.0 Å². The molecule has 2 saturated heterocycles. The highest BCUT2D eigenvalue weighted by molar-refractivity contribution is 5.86. The van der Waals surface area contributed by atoms with Crippen molar-refractivity contribution in [3.63, 3.8) is 0 Å². The lowest BCUT2D eigenvalue weighted by Crippen LogP contribution is -2.73. The van der Waals surface area contributed by atoms with E-state index in [4.69, 9.17) is 10.5 Å². The maximum absolute atomic E-state index is 12.5. The van der Waals surface area contributed by atoms with Gasteiger partial charge in [-0.05, 0) is 56.9 Å². The van der Waals surface area contributed by atoms with Gasteiger partial charge in [0, 0.05) is 17.8 Å². The van der Waals surface area contributed by atoms with Gasteiger partial charge in [0.05, 0.1) is 0 Å². The molecule has 4 heteroatoms. The van der Waals surface area contributed by atoms with E-state index < -0.39 is 5.60 Å². The van der Waals surface area contributed by atoms with Crippen molar-refractivity contribution in [2.75, 3.05) is 5.73 Å². The first-order valence-electron chi connectivity index (χ1n) is 7.23. The number of benzene rings is 1. The molecule has 2 N–H and O–H groups in total. The van der Waals surface area contributed by atoms with E-state index in [0.29, 0.717) is 12.1 Å². The van der Waals surface area contributed by atoms with Gasteiger partial charge in [-0.15, -0.1) is 0 Å². The van der Waals surface area contributed by atoms with Crippen LogP contribution < -0.4 is 5.73 Å². The van der Waals surface area contributed by atoms with E-state index in [1.807, 2.05) is 26.8 Å². The summed E-state index contributed by atoms with van der Waals surface area (Å²) in [6, 6.07) is 6.89. The van der Waals surface area contributed by atoms with Gasteiger partial charge < -0.3 is 10.5 Å². The highest BCUT2D eigenvalue weighted by Crippen LogP contribution is 2.69. The minimum absolute atomic E-state index is 0.0571. The molecule has 4 rings (SSSR count). The number of carbonyl (C=O) groups is 1. The third kappa shape index (κ3) is 1.32. The average molecular weight is 272 g/mol. The molecule has 3 atom stereocenters. The predicted octanol–water partition coefficient (Wildman–Crippen LogP) is 2.55. The maximum atomic E-state index is 12.5. The van der Waals surface area contributed by atoms with Crippen molar-refractivity contribution in [1.29, 1.82) is 0 Å². The summed E-state index contributed by atoms with van der Waals surface area (Å²) in [4.78, 5) is 14.8. The molecule has 3 aliphatic heterocycles. The summed E-state index contributed by atoms with van der Waals surface area (Å²) in [5.74, 6) is -0.0571. The number of piperidine rings is 1. The molecule has 2 fully saturated rings. The Balaban J connectivity index is 1.62. The Morgan fingerprint density at radius 1 is 1.30 bits per heavy atom. The summed E-state index contributed by atoms with van der Waals surface area (Å²) in [6.45, 7) is 5.77. The van der Waals surface area contributed by atoms with Crippen LogP contribution in [0.4, 0.5) is 5.69 Å². The summed E-state index contributed by atoms with van der Waals surface area (Å²) in [6.07, 6.45) is 1.75. The zero-order valence-corrected chi connectivity index (χ0v) is 12.1. The lowest BCUT2D eigenvalue weighted by molar-refractivity contribution is -0.225. The fraction of sp³-hybridized carbons (Fsp3) is 0.562. The van der Waals surface area contributed by atoms with Gasteiger partial charge >= 0.3 is 5.97 Å². The van der Waals surface area contributed by atoms with E-state index in [1.54, 1.807) is 0 Å². The highest BCUT2D eigenvalue weighted by atomic mass is 16.6. The Labute approximate surface area is 118 Å². The molecule has 0 saturated carbocycles. The van der Waals surface area contributed by atoms with Gasteiger partial charge in [0.15, 0.2) is 0 Å². The van der Waals surface area contributed by atoms with Crippen LogP contribution in [0.5, 0.6) is 0 Å². The van der Waals surface area contributed by atoms with E-state index in [0.717, 1.165) is 18.5 Å². The van der Waals surface area contributed by atoms with Crippen molar-refractivity contribution in [2.24, 2.45) is 0 Å². The Hall–Kier alpha value is -1.55. The van der Waals surface area contributed by atoms with Crippen LogP contribution >= 0.6 is 0 Å². The van der Waals surface area contributed by atoms with Crippen LogP contribution in [0.1, 0.15) is 56.8 Å². The summed E-state index contributed by atoms with van der Waals surface area (Å²) in [5, 5.41) is 0. The molecule has 0 bridgehead atoms. The second-order valence-corrected chi connectivity index (χ2v) is 7.27. The molecule has 0 radical (unpaired) electrons. The first-order chi connectivity index (χ1) is 9.32. The number of hydrogen-bond acceptors (Lipinski definition) is 4. The first kappa shape index (κ1) is 12.2. The van der Waals surface area contributed by atoms with E-state index >= 15 is 0 Å². The SMILES string of the molecule is CC(C)(C)OC(=O)C12CC3c4ccc(N)cc4C(C1)N32. The van der Waals surface area contributed by atoms with Gasteiger partial charge in [0.2, 0.25) is 0 Å². The number of nitrogens with zero attached hydrogens (tertiary/aromatic N) is 1. The third-order valence-electron chi connectivity index (χ3n) is 4.84. The van der Waals surface area contributed by atoms with Gasteiger partial charge in [0.25, 0.3) is 0 Å². The lowest BCUT2D eigenvalue weighted by Gasteiger charge is -2.64. The van der Waals surface area contributed by atoms with Crippen molar-refractivity contribution in [3.8, 4) is 0 Å². The highest BCUT2D eigenvalue weighted by Gasteiger charge is 2.72. The average Bonchev–Trinajstić information content (AvgIpc) is 2.42. The second-order valence-electron chi connectivity index (χ2n) is 7.27. The number of nitrogen functional groups attached to an aromatic ring is 1. The second kappa shape index (κ2) is 3.37. The molecule has 1 aromatic rings. The standard InChI is InChI=1S/C16H20N2O2/c1-15(2,3)20-14(19)16-7-12-10-5-4-9(17)6-11(10)13(8-16)18(12)16/h4-6,12-13H,7-8,17H2,1-3H3. The Kier molecular flexibility index (Phi) is 2.06. The third-order valence-corrected chi connectivity index (χ3v) is 4.84. The predicted molar refractivity (Wildman–Crippen MR) is 76.0 cm³/mol. The molecule has 0 spiro atoms. The van der Waals surface area contributed by atoms with Gasteiger partial charge in [-0.3, -0.25) is 9.69 Å². The van der Waals surface area contributed by atoms with Gasteiger partial charge in [-0.2, -0.15) is 0 Å². The van der Waals surface area contributed by atoms with Crippen molar-refractivity contribution >= 4 is 11.7 Å². The molecule has 3 unspecified atom stereocenters. The molecule has 1 aromatic carbocycles. The van der Waals surface area contributed by atoms with E-state index in [9.17, 15) is 4.79 Å². The number of carbonyl (C=O) groups excluding carboxylic acids is 1. The van der Waals surface area contributed by atoms with Gasteiger partial charge in [-0.25, -0.2) is 0 Å². The normalized spacial score (nSPS) is 33.8. The number of hydrogen-bond donors (Lipinski definition) is 1. The molecule has 4 nitrogen and oxygen atoms in total. The van der Waals surface area contributed by atoms with Crippen molar-refractivity contribution < 1.29 is 9.53 Å². The van der Waals surface area contributed by atoms with Crippen molar-refractivity contribution in [3.05, 3.63) is 29.3 Å². The summed E-state index contributed by atoms with van der Waals surface area (Å²) in [7, 11) is 0. The fourth-order valence-electron chi connectivity index (χ4n) is 4.07. The number of anilines is 1. The van der Waals surface area contributed by atoms with E-state index in [-0.39, 0.29) is 11.5 Å².